The van der Waals surface area contributed by atoms with Crippen LogP contribution in [0.5, 0.6) is 0 Å². The maximum absolute atomic E-state index is 11.9. The highest BCUT2D eigenvalue weighted by atomic mass is 16.5. The molecule has 2 atom stereocenters. The number of esters is 1. The molecule has 4 nitrogen and oxygen atoms in total. The highest BCUT2D eigenvalue weighted by molar-refractivity contribution is 5.90. The molecular weight excluding hydrogens is 242 g/mol. The smallest absolute Gasteiger partial charge is 0.329 e. The van der Waals surface area contributed by atoms with Gasteiger partial charge >= 0.3 is 5.97 Å². The van der Waals surface area contributed by atoms with Crippen LogP contribution in [0.3, 0.4) is 0 Å². The molecule has 2 rings (SSSR count). The lowest BCUT2D eigenvalue weighted by Gasteiger charge is -2.19. The van der Waals surface area contributed by atoms with Crippen LogP contribution in [0.1, 0.15) is 36.0 Å². The zero-order valence-corrected chi connectivity index (χ0v) is 11.5. The maximum Gasteiger partial charge on any atom is 0.329 e. The number of carbonyl (C=O) groups excluding carboxylic acids is 2. The highest BCUT2D eigenvalue weighted by Gasteiger charge is 2.39. The Bertz CT molecular complexity index is 510. The summed E-state index contributed by atoms with van der Waals surface area (Å²) in [7, 11) is 0. The quantitative estimate of drug-likeness (QED) is 0.845. The molecule has 1 saturated heterocycles. The molecule has 0 aromatic heterocycles. The van der Waals surface area contributed by atoms with Crippen molar-refractivity contribution in [2.24, 2.45) is 0 Å². The third-order valence-electron chi connectivity index (χ3n) is 3.50. The van der Waals surface area contributed by atoms with Gasteiger partial charge in [0.15, 0.2) is 0 Å². The third-order valence-corrected chi connectivity index (χ3v) is 3.50. The maximum atomic E-state index is 11.9. The van der Waals surface area contributed by atoms with Crippen LogP contribution < -0.4 is 5.32 Å². The van der Waals surface area contributed by atoms with Crippen molar-refractivity contribution < 1.29 is 14.3 Å². The van der Waals surface area contributed by atoms with Crippen molar-refractivity contribution in [2.75, 3.05) is 6.61 Å². The van der Waals surface area contributed by atoms with Gasteiger partial charge in [-0.25, -0.2) is 4.79 Å². The van der Waals surface area contributed by atoms with Crippen molar-refractivity contribution in [1.29, 1.82) is 0 Å². The summed E-state index contributed by atoms with van der Waals surface area (Å²) in [5, 5.41) is 2.72. The molecule has 1 fully saturated rings. The molecule has 19 heavy (non-hydrogen) atoms. The van der Waals surface area contributed by atoms with E-state index in [0.717, 1.165) is 16.7 Å². The van der Waals surface area contributed by atoms with Gasteiger partial charge in [0, 0.05) is 12.3 Å². The zero-order valence-electron chi connectivity index (χ0n) is 11.5. The zero-order chi connectivity index (χ0) is 14.0. The lowest BCUT2D eigenvalue weighted by Crippen LogP contribution is -2.37. The molecule has 0 spiro atoms. The van der Waals surface area contributed by atoms with Gasteiger partial charge in [-0.2, -0.15) is 0 Å². The minimum Gasteiger partial charge on any atom is -0.464 e. The first-order valence-corrected chi connectivity index (χ1v) is 6.56. The van der Waals surface area contributed by atoms with Crippen LogP contribution in [0, 0.1) is 13.8 Å². The average molecular weight is 261 g/mol. The van der Waals surface area contributed by atoms with E-state index in [-0.39, 0.29) is 17.8 Å². The molecule has 0 bridgehead atoms. The van der Waals surface area contributed by atoms with Gasteiger partial charge in [-0.3, -0.25) is 4.79 Å². The molecule has 1 N–H and O–H groups in total. The van der Waals surface area contributed by atoms with E-state index in [4.69, 9.17) is 4.74 Å². The summed E-state index contributed by atoms with van der Waals surface area (Å²) in [5.74, 6) is -0.574. The Balaban J connectivity index is 2.33. The van der Waals surface area contributed by atoms with E-state index in [1.165, 1.54) is 0 Å². The normalized spacial score (nSPS) is 22.2. The van der Waals surface area contributed by atoms with Gasteiger partial charge in [0.2, 0.25) is 5.91 Å². The van der Waals surface area contributed by atoms with Crippen molar-refractivity contribution in [1.82, 2.24) is 5.32 Å². The Hall–Kier alpha value is -1.84. The summed E-state index contributed by atoms with van der Waals surface area (Å²) in [4.78, 5) is 23.6. The molecule has 0 aliphatic carbocycles. The largest absolute Gasteiger partial charge is 0.464 e. The molecule has 1 heterocycles. The fourth-order valence-electron chi connectivity index (χ4n) is 2.55. The van der Waals surface area contributed by atoms with E-state index < -0.39 is 6.04 Å². The molecule has 0 saturated carbocycles. The molecule has 2 unspecified atom stereocenters. The van der Waals surface area contributed by atoms with Crippen LogP contribution in [0.25, 0.3) is 0 Å². The number of ether oxygens (including phenoxy) is 1. The van der Waals surface area contributed by atoms with E-state index >= 15 is 0 Å². The molecular formula is C15H19NO3. The highest BCUT2D eigenvalue weighted by Crippen LogP contribution is 2.31. The standard InChI is InChI=1S/C15H19NO3/c1-4-19-15(18)14-12(8-13(17)16-14)11-7-9(2)5-6-10(11)3/h5-7,12,14H,4,8H2,1-3H3,(H,16,17). The number of hydrogen-bond donors (Lipinski definition) is 1. The second-order valence-corrected chi connectivity index (χ2v) is 4.97. The first-order valence-electron chi connectivity index (χ1n) is 6.56. The number of benzene rings is 1. The second-order valence-electron chi connectivity index (χ2n) is 4.97. The van der Waals surface area contributed by atoms with Gasteiger partial charge in [0.25, 0.3) is 0 Å². The minimum atomic E-state index is -0.562. The van der Waals surface area contributed by atoms with E-state index in [2.05, 4.69) is 5.32 Å². The fraction of sp³-hybridized carbons (Fsp3) is 0.467. The number of nitrogens with one attached hydrogen (secondary N) is 1. The van der Waals surface area contributed by atoms with Crippen molar-refractivity contribution in [2.45, 2.75) is 39.2 Å². The Kier molecular flexibility index (Phi) is 3.88. The van der Waals surface area contributed by atoms with Crippen LogP contribution in [0.15, 0.2) is 18.2 Å². The molecule has 1 aliphatic heterocycles. The Morgan fingerprint density at radius 2 is 2.16 bits per heavy atom. The molecule has 1 aliphatic rings. The van der Waals surface area contributed by atoms with Gasteiger partial charge in [0.1, 0.15) is 6.04 Å². The summed E-state index contributed by atoms with van der Waals surface area (Å²) in [6.45, 7) is 6.10. The lowest BCUT2D eigenvalue weighted by molar-refractivity contribution is -0.146. The number of rotatable bonds is 3. The Labute approximate surface area is 113 Å². The minimum absolute atomic E-state index is 0.0936. The molecule has 1 aromatic carbocycles. The summed E-state index contributed by atoms with van der Waals surface area (Å²) < 4.78 is 5.04. The van der Waals surface area contributed by atoms with Crippen LogP contribution >= 0.6 is 0 Å². The van der Waals surface area contributed by atoms with E-state index in [1.807, 2.05) is 32.0 Å². The summed E-state index contributed by atoms with van der Waals surface area (Å²) in [6.07, 6.45) is 0.341. The topological polar surface area (TPSA) is 55.4 Å². The predicted octanol–water partition coefficient (Wildman–Crippen LogP) is 1.84. The monoisotopic (exact) mass is 261 g/mol. The van der Waals surface area contributed by atoms with Gasteiger partial charge in [-0.05, 0) is 31.9 Å². The number of amides is 1. The molecule has 0 radical (unpaired) electrons. The van der Waals surface area contributed by atoms with Crippen molar-refractivity contribution in [3.8, 4) is 0 Å². The van der Waals surface area contributed by atoms with Gasteiger partial charge in [-0.1, -0.05) is 23.8 Å². The van der Waals surface area contributed by atoms with E-state index in [0.29, 0.717) is 13.0 Å². The lowest BCUT2D eigenvalue weighted by atomic mass is 9.88. The number of hydrogen-bond acceptors (Lipinski definition) is 3. The van der Waals surface area contributed by atoms with Crippen LogP contribution in [-0.2, 0) is 14.3 Å². The molecule has 4 heteroatoms. The Morgan fingerprint density at radius 3 is 2.84 bits per heavy atom. The molecule has 102 valence electrons. The summed E-state index contributed by atoms with van der Waals surface area (Å²) in [5.41, 5.74) is 3.28. The van der Waals surface area contributed by atoms with Crippen LogP contribution in [0.2, 0.25) is 0 Å². The predicted molar refractivity (Wildman–Crippen MR) is 71.8 cm³/mol. The van der Waals surface area contributed by atoms with Crippen LogP contribution in [0.4, 0.5) is 0 Å². The SMILES string of the molecule is CCOC(=O)C1NC(=O)CC1c1cc(C)ccc1C. The van der Waals surface area contributed by atoms with Gasteiger partial charge in [-0.15, -0.1) is 0 Å². The average Bonchev–Trinajstić information content (AvgIpc) is 2.75. The van der Waals surface area contributed by atoms with E-state index in [9.17, 15) is 9.59 Å². The first kappa shape index (κ1) is 13.6. The Morgan fingerprint density at radius 1 is 1.42 bits per heavy atom. The van der Waals surface area contributed by atoms with Crippen LogP contribution in [-0.4, -0.2) is 24.5 Å². The number of aryl methyl sites for hydroxylation is 2. The van der Waals surface area contributed by atoms with Crippen molar-refractivity contribution in [3.63, 3.8) is 0 Å². The van der Waals surface area contributed by atoms with E-state index in [1.54, 1.807) is 6.92 Å². The molecule has 1 amide bonds. The third kappa shape index (κ3) is 2.78. The summed E-state index contributed by atoms with van der Waals surface area (Å²) in [6, 6.07) is 5.54. The second kappa shape index (κ2) is 5.43. The van der Waals surface area contributed by atoms with Gasteiger partial charge < -0.3 is 10.1 Å². The van der Waals surface area contributed by atoms with Gasteiger partial charge in [0.05, 0.1) is 6.61 Å². The van der Waals surface area contributed by atoms with Crippen molar-refractivity contribution >= 4 is 11.9 Å². The first-order chi connectivity index (χ1) is 9.02. The number of carbonyl (C=O) groups is 2. The summed E-state index contributed by atoms with van der Waals surface area (Å²) >= 11 is 0. The molecule has 1 aromatic rings. The fourth-order valence-corrected chi connectivity index (χ4v) is 2.55. The van der Waals surface area contributed by atoms with Crippen molar-refractivity contribution in [3.05, 3.63) is 34.9 Å².